The number of rotatable bonds is 3. The predicted octanol–water partition coefficient (Wildman–Crippen LogP) is 2.66. The lowest BCUT2D eigenvalue weighted by atomic mass is 9.89. The highest BCUT2D eigenvalue weighted by Gasteiger charge is 2.36. The van der Waals surface area contributed by atoms with E-state index in [1.807, 2.05) is 0 Å². The number of nitrogens with zero attached hydrogens (tertiary/aromatic N) is 1. The van der Waals surface area contributed by atoms with Gasteiger partial charge < -0.3 is 15.2 Å². The maximum atomic E-state index is 10.5. The summed E-state index contributed by atoms with van der Waals surface area (Å²) in [5.41, 5.74) is -1.18. The molecule has 6 heteroatoms. The number of aliphatic hydroxyl groups is 2. The number of nitrogens with one attached hydrogen (secondary N) is 1. The van der Waals surface area contributed by atoms with Crippen molar-refractivity contribution in [2.24, 2.45) is 0 Å². The fourth-order valence-corrected chi connectivity index (χ4v) is 2.34. The van der Waals surface area contributed by atoms with E-state index in [2.05, 4.69) is 9.97 Å². The number of hydrogen-bond acceptors (Lipinski definition) is 3. The smallest absolute Gasteiger partial charge is 0.144 e. The van der Waals surface area contributed by atoms with Gasteiger partial charge in [0.15, 0.2) is 0 Å². The average Bonchev–Trinajstić information content (AvgIpc) is 2.80. The topological polar surface area (TPSA) is 69.1 Å². The minimum atomic E-state index is -1.57. The van der Waals surface area contributed by atoms with E-state index < -0.39 is 11.7 Å². The van der Waals surface area contributed by atoms with Crippen molar-refractivity contribution in [3.8, 4) is 0 Å². The molecule has 1 heterocycles. The maximum Gasteiger partial charge on any atom is 0.144 e. The van der Waals surface area contributed by atoms with Gasteiger partial charge in [0, 0.05) is 28.0 Å². The van der Waals surface area contributed by atoms with E-state index >= 15 is 0 Å². The van der Waals surface area contributed by atoms with Crippen molar-refractivity contribution in [2.75, 3.05) is 0 Å². The van der Waals surface area contributed by atoms with Crippen molar-refractivity contribution in [1.29, 1.82) is 0 Å². The molecular formula is C12H12Cl2N2O2. The summed E-state index contributed by atoms with van der Waals surface area (Å²) in [6.45, 7) is 1.47. The molecule has 0 aliphatic rings. The summed E-state index contributed by atoms with van der Waals surface area (Å²) >= 11 is 11.8. The second-order valence-corrected chi connectivity index (χ2v) is 4.99. The molecule has 0 aliphatic heterocycles. The molecule has 0 saturated carbocycles. The van der Waals surface area contributed by atoms with Crippen LogP contribution in [0.4, 0.5) is 0 Å². The normalized spacial score (nSPS) is 16.3. The van der Waals surface area contributed by atoms with Crippen molar-refractivity contribution in [2.45, 2.75) is 18.6 Å². The molecule has 18 heavy (non-hydrogen) atoms. The Balaban J connectivity index is 2.41. The summed E-state index contributed by atoms with van der Waals surface area (Å²) in [5, 5.41) is 21.4. The van der Waals surface area contributed by atoms with Crippen LogP contribution in [0.3, 0.4) is 0 Å². The molecule has 2 rings (SSSR count). The monoisotopic (exact) mass is 286 g/mol. The van der Waals surface area contributed by atoms with Crippen LogP contribution in [0.1, 0.15) is 24.4 Å². The Bertz CT molecular complexity index is 541. The first kappa shape index (κ1) is 13.4. The van der Waals surface area contributed by atoms with Crippen LogP contribution in [0.2, 0.25) is 10.0 Å². The van der Waals surface area contributed by atoms with E-state index in [4.69, 9.17) is 23.2 Å². The van der Waals surface area contributed by atoms with Gasteiger partial charge in [0.2, 0.25) is 0 Å². The number of halogens is 2. The van der Waals surface area contributed by atoms with E-state index in [-0.39, 0.29) is 10.8 Å². The van der Waals surface area contributed by atoms with Crippen LogP contribution in [-0.4, -0.2) is 20.2 Å². The molecule has 0 amide bonds. The molecule has 0 aliphatic carbocycles. The van der Waals surface area contributed by atoms with Crippen LogP contribution >= 0.6 is 23.2 Å². The highest BCUT2D eigenvalue weighted by Crippen LogP contribution is 2.37. The van der Waals surface area contributed by atoms with Gasteiger partial charge in [-0.3, -0.25) is 0 Å². The Morgan fingerprint density at radius 3 is 2.67 bits per heavy atom. The van der Waals surface area contributed by atoms with Crippen molar-refractivity contribution >= 4 is 23.2 Å². The van der Waals surface area contributed by atoms with Gasteiger partial charge in [0.1, 0.15) is 17.5 Å². The highest BCUT2D eigenvalue weighted by atomic mass is 35.5. The zero-order valence-electron chi connectivity index (χ0n) is 9.56. The second-order valence-electron chi connectivity index (χ2n) is 4.15. The number of benzene rings is 1. The lowest BCUT2D eigenvalue weighted by Crippen LogP contribution is -2.31. The molecule has 1 aromatic heterocycles. The third kappa shape index (κ3) is 2.37. The third-order valence-corrected chi connectivity index (χ3v) is 3.34. The fraction of sp³-hybridized carbons (Fsp3) is 0.250. The molecule has 0 fully saturated rings. The van der Waals surface area contributed by atoms with Gasteiger partial charge in [-0.15, -0.1) is 0 Å². The summed E-state index contributed by atoms with van der Waals surface area (Å²) in [7, 11) is 0. The number of hydrogen-bond donors (Lipinski definition) is 3. The van der Waals surface area contributed by atoms with Gasteiger partial charge in [0.25, 0.3) is 0 Å². The van der Waals surface area contributed by atoms with E-state index in [0.29, 0.717) is 10.6 Å². The van der Waals surface area contributed by atoms with Crippen LogP contribution in [0, 0.1) is 0 Å². The molecule has 96 valence electrons. The lowest BCUT2D eigenvalue weighted by Gasteiger charge is -2.29. The summed E-state index contributed by atoms with van der Waals surface area (Å²) < 4.78 is 0. The van der Waals surface area contributed by atoms with Crippen LogP contribution in [0.5, 0.6) is 0 Å². The summed E-state index contributed by atoms with van der Waals surface area (Å²) in [6.07, 6.45) is 1.85. The molecule has 2 aromatic rings. The Kier molecular flexibility index (Phi) is 3.64. The van der Waals surface area contributed by atoms with Crippen molar-refractivity contribution in [3.05, 3.63) is 52.0 Å². The van der Waals surface area contributed by atoms with Gasteiger partial charge in [-0.25, -0.2) is 4.98 Å². The Morgan fingerprint density at radius 2 is 2.11 bits per heavy atom. The molecule has 0 saturated heterocycles. The number of aromatic amines is 1. The first-order valence-corrected chi connectivity index (χ1v) is 6.03. The van der Waals surface area contributed by atoms with E-state index in [1.54, 1.807) is 18.3 Å². The number of imidazole rings is 1. The molecular weight excluding hydrogens is 275 g/mol. The minimum Gasteiger partial charge on any atom is -0.382 e. The predicted molar refractivity (Wildman–Crippen MR) is 69.6 cm³/mol. The quantitative estimate of drug-likeness (QED) is 0.813. The fourth-order valence-electron chi connectivity index (χ4n) is 1.74. The molecule has 2 unspecified atom stereocenters. The van der Waals surface area contributed by atoms with Crippen LogP contribution in [0.25, 0.3) is 0 Å². The van der Waals surface area contributed by atoms with Gasteiger partial charge in [-0.2, -0.15) is 0 Å². The van der Waals surface area contributed by atoms with Crippen LogP contribution < -0.4 is 0 Å². The molecule has 1 aromatic carbocycles. The van der Waals surface area contributed by atoms with E-state index in [1.165, 1.54) is 19.2 Å². The standard InChI is InChI=1S/C12H12Cl2N2O2/c1-12(18,10(17)11-15-4-5-16-11)8-3-2-7(13)6-9(8)14/h2-6,10,17-18H,1H3,(H,15,16). The lowest BCUT2D eigenvalue weighted by molar-refractivity contribution is -0.0727. The number of aliphatic hydroxyl groups excluding tert-OH is 1. The molecule has 0 spiro atoms. The van der Waals surface area contributed by atoms with Crippen molar-refractivity contribution in [1.82, 2.24) is 9.97 Å². The SMILES string of the molecule is CC(O)(c1ccc(Cl)cc1Cl)C(O)c1ncc[nH]1. The Hall–Kier alpha value is -1.07. The largest absolute Gasteiger partial charge is 0.382 e. The first-order chi connectivity index (χ1) is 8.43. The summed E-state index contributed by atoms with van der Waals surface area (Å²) in [6, 6.07) is 4.70. The first-order valence-electron chi connectivity index (χ1n) is 5.28. The van der Waals surface area contributed by atoms with Gasteiger partial charge in [0.05, 0.1) is 0 Å². The third-order valence-electron chi connectivity index (χ3n) is 2.79. The summed E-state index contributed by atoms with van der Waals surface area (Å²) in [4.78, 5) is 6.67. The zero-order chi connectivity index (χ0) is 13.3. The van der Waals surface area contributed by atoms with Gasteiger partial charge in [-0.1, -0.05) is 29.3 Å². The van der Waals surface area contributed by atoms with E-state index in [0.717, 1.165) is 0 Å². The second kappa shape index (κ2) is 4.90. The van der Waals surface area contributed by atoms with Gasteiger partial charge >= 0.3 is 0 Å². The number of aromatic nitrogens is 2. The average molecular weight is 287 g/mol. The molecule has 2 atom stereocenters. The molecule has 0 bridgehead atoms. The number of H-pyrrole nitrogens is 1. The molecule has 0 radical (unpaired) electrons. The maximum absolute atomic E-state index is 10.5. The molecule has 4 nitrogen and oxygen atoms in total. The summed E-state index contributed by atoms with van der Waals surface area (Å²) in [5.74, 6) is 0.269. The van der Waals surface area contributed by atoms with Crippen molar-refractivity contribution < 1.29 is 10.2 Å². The van der Waals surface area contributed by atoms with Gasteiger partial charge in [-0.05, 0) is 19.1 Å². The Morgan fingerprint density at radius 1 is 1.39 bits per heavy atom. The van der Waals surface area contributed by atoms with E-state index in [9.17, 15) is 10.2 Å². The van der Waals surface area contributed by atoms with Crippen LogP contribution in [-0.2, 0) is 5.60 Å². The Labute approximate surface area is 114 Å². The minimum absolute atomic E-state index is 0.269. The van der Waals surface area contributed by atoms with Crippen LogP contribution in [0.15, 0.2) is 30.6 Å². The highest BCUT2D eigenvalue weighted by molar-refractivity contribution is 6.35. The molecule has 3 N–H and O–H groups in total. The zero-order valence-corrected chi connectivity index (χ0v) is 11.1. The van der Waals surface area contributed by atoms with Crippen molar-refractivity contribution in [3.63, 3.8) is 0 Å².